The van der Waals surface area contributed by atoms with Crippen LogP contribution in [0.5, 0.6) is 0 Å². The SMILES string of the molecule is CCn1cc(CNC2CCCc3ccccc32)cn1. The van der Waals surface area contributed by atoms with Crippen molar-refractivity contribution in [1.29, 1.82) is 0 Å². The zero-order valence-electron chi connectivity index (χ0n) is 11.5. The molecule has 3 heteroatoms. The summed E-state index contributed by atoms with van der Waals surface area (Å²) in [6.07, 6.45) is 7.83. The molecule has 1 unspecified atom stereocenters. The molecule has 3 rings (SSSR count). The fourth-order valence-electron chi connectivity index (χ4n) is 2.88. The molecule has 1 aliphatic rings. The molecule has 0 saturated carbocycles. The normalized spacial score (nSPS) is 18.3. The number of benzene rings is 1. The summed E-state index contributed by atoms with van der Waals surface area (Å²) in [5.74, 6) is 0. The van der Waals surface area contributed by atoms with Crippen LogP contribution in [0.2, 0.25) is 0 Å². The highest BCUT2D eigenvalue weighted by atomic mass is 15.3. The van der Waals surface area contributed by atoms with Crippen molar-refractivity contribution in [3.05, 3.63) is 53.3 Å². The van der Waals surface area contributed by atoms with Gasteiger partial charge in [0, 0.05) is 30.9 Å². The molecule has 3 nitrogen and oxygen atoms in total. The predicted molar refractivity (Wildman–Crippen MR) is 76.9 cm³/mol. The average molecular weight is 255 g/mol. The molecule has 0 aliphatic heterocycles. The second-order valence-corrected chi connectivity index (χ2v) is 5.23. The first-order valence-corrected chi connectivity index (χ1v) is 7.19. The van der Waals surface area contributed by atoms with E-state index in [0.29, 0.717) is 6.04 Å². The van der Waals surface area contributed by atoms with Gasteiger partial charge in [0.25, 0.3) is 0 Å². The summed E-state index contributed by atoms with van der Waals surface area (Å²) in [7, 11) is 0. The van der Waals surface area contributed by atoms with E-state index in [-0.39, 0.29) is 0 Å². The van der Waals surface area contributed by atoms with Crippen LogP contribution >= 0.6 is 0 Å². The van der Waals surface area contributed by atoms with Crippen LogP contribution in [0.1, 0.15) is 42.5 Å². The summed E-state index contributed by atoms with van der Waals surface area (Å²) in [4.78, 5) is 0. The number of rotatable bonds is 4. The van der Waals surface area contributed by atoms with Crippen molar-refractivity contribution in [3.63, 3.8) is 0 Å². The smallest absolute Gasteiger partial charge is 0.0534 e. The molecule has 1 aromatic carbocycles. The molecule has 1 atom stereocenters. The lowest BCUT2D eigenvalue weighted by Gasteiger charge is -2.26. The second kappa shape index (κ2) is 5.57. The van der Waals surface area contributed by atoms with E-state index in [2.05, 4.69) is 47.8 Å². The molecule has 1 aliphatic carbocycles. The third kappa shape index (κ3) is 2.71. The first-order valence-electron chi connectivity index (χ1n) is 7.19. The van der Waals surface area contributed by atoms with E-state index in [1.165, 1.54) is 36.0 Å². The fraction of sp³-hybridized carbons (Fsp3) is 0.438. The van der Waals surface area contributed by atoms with Gasteiger partial charge in [0.15, 0.2) is 0 Å². The highest BCUT2D eigenvalue weighted by molar-refractivity contribution is 5.32. The van der Waals surface area contributed by atoms with Crippen LogP contribution in [-0.2, 0) is 19.5 Å². The number of hydrogen-bond acceptors (Lipinski definition) is 2. The topological polar surface area (TPSA) is 29.9 Å². The predicted octanol–water partition coefficient (Wildman–Crippen LogP) is 3.07. The van der Waals surface area contributed by atoms with Gasteiger partial charge in [-0.25, -0.2) is 0 Å². The van der Waals surface area contributed by atoms with Gasteiger partial charge in [0.1, 0.15) is 0 Å². The molecular weight excluding hydrogens is 234 g/mol. The van der Waals surface area contributed by atoms with E-state index < -0.39 is 0 Å². The number of nitrogens with zero attached hydrogens (tertiary/aromatic N) is 2. The molecule has 0 fully saturated rings. The van der Waals surface area contributed by atoms with Crippen LogP contribution in [0, 0.1) is 0 Å². The van der Waals surface area contributed by atoms with Gasteiger partial charge in [-0.1, -0.05) is 24.3 Å². The molecule has 2 aromatic rings. The van der Waals surface area contributed by atoms with E-state index in [1.807, 2.05) is 10.9 Å². The molecule has 1 aromatic heterocycles. The van der Waals surface area contributed by atoms with E-state index in [1.54, 1.807) is 0 Å². The fourth-order valence-corrected chi connectivity index (χ4v) is 2.88. The lowest BCUT2D eigenvalue weighted by molar-refractivity contribution is 0.459. The monoisotopic (exact) mass is 255 g/mol. The Morgan fingerprint density at radius 1 is 1.37 bits per heavy atom. The summed E-state index contributed by atoms with van der Waals surface area (Å²) in [6.45, 7) is 3.95. The Bertz CT molecular complexity index is 544. The Kier molecular flexibility index (Phi) is 3.65. The molecular formula is C16H21N3. The van der Waals surface area contributed by atoms with Crippen molar-refractivity contribution in [2.75, 3.05) is 0 Å². The largest absolute Gasteiger partial charge is 0.306 e. The minimum Gasteiger partial charge on any atom is -0.306 e. The van der Waals surface area contributed by atoms with Crippen LogP contribution in [0.3, 0.4) is 0 Å². The van der Waals surface area contributed by atoms with Gasteiger partial charge < -0.3 is 5.32 Å². The van der Waals surface area contributed by atoms with Gasteiger partial charge in [-0.05, 0) is 37.3 Å². The van der Waals surface area contributed by atoms with E-state index >= 15 is 0 Å². The Morgan fingerprint density at radius 2 is 2.26 bits per heavy atom. The van der Waals surface area contributed by atoms with Crippen LogP contribution in [-0.4, -0.2) is 9.78 Å². The Balaban J connectivity index is 1.68. The van der Waals surface area contributed by atoms with Crippen molar-refractivity contribution in [3.8, 4) is 0 Å². The van der Waals surface area contributed by atoms with Crippen molar-refractivity contribution < 1.29 is 0 Å². The maximum atomic E-state index is 4.32. The molecule has 0 saturated heterocycles. The Labute approximate surface area is 114 Å². The van der Waals surface area contributed by atoms with Crippen molar-refractivity contribution >= 4 is 0 Å². The first-order chi connectivity index (χ1) is 9.36. The van der Waals surface area contributed by atoms with Gasteiger partial charge in [-0.2, -0.15) is 5.10 Å². The maximum absolute atomic E-state index is 4.32. The quantitative estimate of drug-likeness (QED) is 0.910. The third-order valence-electron chi connectivity index (χ3n) is 3.93. The van der Waals surface area contributed by atoms with Gasteiger partial charge in [-0.3, -0.25) is 4.68 Å². The zero-order chi connectivity index (χ0) is 13.1. The first kappa shape index (κ1) is 12.4. The lowest BCUT2D eigenvalue weighted by atomic mass is 9.88. The van der Waals surface area contributed by atoms with Crippen LogP contribution in [0.25, 0.3) is 0 Å². The number of aromatic nitrogens is 2. The maximum Gasteiger partial charge on any atom is 0.0534 e. The third-order valence-corrected chi connectivity index (χ3v) is 3.93. The van der Waals surface area contributed by atoms with Crippen molar-refractivity contribution in [2.24, 2.45) is 0 Å². The molecule has 1 heterocycles. The molecule has 0 bridgehead atoms. The summed E-state index contributed by atoms with van der Waals surface area (Å²) >= 11 is 0. The van der Waals surface area contributed by atoms with Crippen LogP contribution in [0.15, 0.2) is 36.7 Å². The molecule has 0 spiro atoms. The molecule has 100 valence electrons. The summed E-state index contributed by atoms with van der Waals surface area (Å²) in [5.41, 5.74) is 4.26. The number of hydrogen-bond donors (Lipinski definition) is 1. The molecule has 0 radical (unpaired) electrons. The Morgan fingerprint density at radius 3 is 3.11 bits per heavy atom. The van der Waals surface area contributed by atoms with E-state index in [9.17, 15) is 0 Å². The number of aryl methyl sites for hydroxylation is 2. The van der Waals surface area contributed by atoms with Gasteiger partial charge in [0.05, 0.1) is 6.20 Å². The van der Waals surface area contributed by atoms with E-state index in [4.69, 9.17) is 0 Å². The standard InChI is InChI=1S/C16H21N3/c1-2-19-12-13(11-18-19)10-17-16-9-5-7-14-6-3-4-8-15(14)16/h3-4,6,8,11-12,16-17H,2,5,7,9-10H2,1H3. The number of fused-ring (bicyclic) bond motifs is 1. The van der Waals surface area contributed by atoms with Crippen LogP contribution < -0.4 is 5.32 Å². The second-order valence-electron chi connectivity index (χ2n) is 5.23. The minimum atomic E-state index is 0.495. The van der Waals surface area contributed by atoms with Gasteiger partial charge >= 0.3 is 0 Å². The zero-order valence-corrected chi connectivity index (χ0v) is 11.5. The summed E-state index contributed by atoms with van der Waals surface area (Å²) in [5, 5.41) is 8.00. The van der Waals surface area contributed by atoms with Crippen molar-refractivity contribution in [2.45, 2.75) is 45.3 Å². The van der Waals surface area contributed by atoms with Gasteiger partial charge in [0.2, 0.25) is 0 Å². The highest BCUT2D eigenvalue weighted by Gasteiger charge is 2.18. The highest BCUT2D eigenvalue weighted by Crippen LogP contribution is 2.29. The average Bonchev–Trinajstić information content (AvgIpc) is 2.93. The Hall–Kier alpha value is -1.61. The molecule has 0 amide bonds. The lowest BCUT2D eigenvalue weighted by Crippen LogP contribution is -2.24. The summed E-state index contributed by atoms with van der Waals surface area (Å²) in [6, 6.07) is 9.32. The van der Waals surface area contributed by atoms with Crippen LogP contribution in [0.4, 0.5) is 0 Å². The molecule has 1 N–H and O–H groups in total. The minimum absolute atomic E-state index is 0.495. The van der Waals surface area contributed by atoms with Gasteiger partial charge in [-0.15, -0.1) is 0 Å². The summed E-state index contributed by atoms with van der Waals surface area (Å²) < 4.78 is 1.98. The van der Waals surface area contributed by atoms with E-state index in [0.717, 1.165) is 13.1 Å². The molecule has 19 heavy (non-hydrogen) atoms. The van der Waals surface area contributed by atoms with Crippen molar-refractivity contribution in [1.82, 2.24) is 15.1 Å². The number of nitrogens with one attached hydrogen (secondary N) is 1.